The summed E-state index contributed by atoms with van der Waals surface area (Å²) >= 11 is 0. The van der Waals surface area contributed by atoms with Crippen LogP contribution in [0.1, 0.15) is 24.5 Å². The molecule has 0 aliphatic rings. The van der Waals surface area contributed by atoms with Gasteiger partial charge in [0.15, 0.2) is 0 Å². The van der Waals surface area contributed by atoms with Crippen LogP contribution in [0.25, 0.3) is 0 Å². The first kappa shape index (κ1) is 16.7. The fraction of sp³-hybridized carbons (Fsp3) is 0.500. The third kappa shape index (κ3) is 5.36. The van der Waals surface area contributed by atoms with Crippen molar-refractivity contribution in [3.63, 3.8) is 0 Å². The van der Waals surface area contributed by atoms with Crippen molar-refractivity contribution in [3.8, 4) is 0 Å². The lowest BCUT2D eigenvalue weighted by atomic mass is 10.1. The van der Waals surface area contributed by atoms with E-state index in [-0.39, 0.29) is 12.1 Å². The van der Waals surface area contributed by atoms with Crippen molar-refractivity contribution < 1.29 is 30.7 Å². The van der Waals surface area contributed by atoms with Crippen LogP contribution >= 0.6 is 0 Å². The van der Waals surface area contributed by atoms with Crippen LogP contribution in [0.15, 0.2) is 18.2 Å². The van der Waals surface area contributed by atoms with Crippen molar-refractivity contribution in [1.82, 2.24) is 5.32 Å². The highest BCUT2D eigenvalue weighted by molar-refractivity contribution is 5.27. The summed E-state index contributed by atoms with van der Waals surface area (Å²) in [6.07, 6.45) is -10.3. The van der Waals surface area contributed by atoms with Crippen LogP contribution in [0, 0.1) is 5.82 Å². The molecule has 8 heteroatoms. The number of alkyl halides is 6. The van der Waals surface area contributed by atoms with E-state index in [1.165, 1.54) is 6.92 Å². The summed E-state index contributed by atoms with van der Waals surface area (Å²) in [5.41, 5.74) is -1.37. The minimum Gasteiger partial charge on any atom is -0.310 e. The maximum Gasteiger partial charge on any atom is 0.419 e. The van der Waals surface area contributed by atoms with Gasteiger partial charge in [-0.3, -0.25) is 0 Å². The third-order valence-electron chi connectivity index (χ3n) is 2.53. The Morgan fingerprint density at radius 3 is 2.20 bits per heavy atom. The first-order chi connectivity index (χ1) is 8.99. The van der Waals surface area contributed by atoms with Gasteiger partial charge in [0.2, 0.25) is 0 Å². The van der Waals surface area contributed by atoms with E-state index in [1.807, 2.05) is 0 Å². The van der Waals surface area contributed by atoms with Crippen molar-refractivity contribution >= 4 is 0 Å². The van der Waals surface area contributed by atoms with E-state index in [1.54, 1.807) is 0 Å². The van der Waals surface area contributed by atoms with Crippen molar-refractivity contribution in [3.05, 3.63) is 35.1 Å². The molecule has 0 spiro atoms. The maximum absolute atomic E-state index is 13.0. The molecule has 0 aliphatic heterocycles. The normalized spacial score (nSPS) is 14.4. The Morgan fingerprint density at radius 2 is 1.70 bits per heavy atom. The summed E-state index contributed by atoms with van der Waals surface area (Å²) in [5, 5.41) is 2.44. The molecule has 1 N–H and O–H groups in total. The Kier molecular flexibility index (Phi) is 5.01. The number of benzene rings is 1. The largest absolute Gasteiger partial charge is 0.419 e. The predicted octanol–water partition coefficient (Wildman–Crippen LogP) is 4.28. The van der Waals surface area contributed by atoms with Gasteiger partial charge in [0.25, 0.3) is 0 Å². The van der Waals surface area contributed by atoms with Gasteiger partial charge in [-0.15, -0.1) is 0 Å². The lowest BCUT2D eigenvalue weighted by molar-refractivity contribution is -0.140. The van der Waals surface area contributed by atoms with Gasteiger partial charge < -0.3 is 5.32 Å². The zero-order valence-electron chi connectivity index (χ0n) is 10.4. The molecule has 0 heterocycles. The van der Waals surface area contributed by atoms with E-state index in [2.05, 4.69) is 5.32 Å². The van der Waals surface area contributed by atoms with Crippen LogP contribution in [0.3, 0.4) is 0 Å². The number of halogens is 7. The summed E-state index contributed by atoms with van der Waals surface area (Å²) in [5.74, 6) is -1.41. The lowest BCUT2D eigenvalue weighted by Crippen LogP contribution is -2.30. The van der Waals surface area contributed by atoms with Gasteiger partial charge in [-0.1, -0.05) is 6.07 Å². The minimum atomic E-state index is -4.84. The first-order valence-electron chi connectivity index (χ1n) is 5.65. The van der Waals surface area contributed by atoms with Gasteiger partial charge in [0.05, 0.1) is 12.0 Å². The molecule has 0 saturated carbocycles. The highest BCUT2D eigenvalue weighted by Gasteiger charge is 2.34. The number of rotatable bonds is 4. The summed E-state index contributed by atoms with van der Waals surface area (Å²) in [6, 6.07) is 1.38. The van der Waals surface area contributed by atoms with Crippen LogP contribution in [-0.2, 0) is 12.7 Å². The Labute approximate surface area is 110 Å². The fourth-order valence-corrected chi connectivity index (χ4v) is 1.61. The monoisotopic (exact) mass is 303 g/mol. The number of hydrogen-bond donors (Lipinski definition) is 1. The van der Waals surface area contributed by atoms with Crippen LogP contribution in [0.4, 0.5) is 30.7 Å². The van der Waals surface area contributed by atoms with Crippen molar-refractivity contribution in [1.29, 1.82) is 0 Å². The molecular weight excluding hydrogens is 291 g/mol. The Balaban J connectivity index is 2.70. The molecule has 1 aromatic carbocycles. The molecule has 0 aliphatic carbocycles. The SMILES string of the molecule is CC(CC(F)(F)F)NCc1ccc(F)c(C(F)(F)F)c1. The zero-order valence-corrected chi connectivity index (χ0v) is 10.4. The molecule has 20 heavy (non-hydrogen) atoms. The van der Waals surface area contributed by atoms with E-state index in [4.69, 9.17) is 0 Å². The van der Waals surface area contributed by atoms with E-state index in [9.17, 15) is 30.7 Å². The Bertz CT molecular complexity index is 450. The summed E-state index contributed by atoms with van der Waals surface area (Å²) < 4.78 is 86.5. The molecule has 1 atom stereocenters. The van der Waals surface area contributed by atoms with E-state index in [0.29, 0.717) is 12.1 Å². The van der Waals surface area contributed by atoms with Crippen LogP contribution < -0.4 is 5.32 Å². The number of nitrogens with one attached hydrogen (secondary N) is 1. The van der Waals surface area contributed by atoms with Crippen LogP contribution in [0.5, 0.6) is 0 Å². The molecule has 1 nitrogen and oxygen atoms in total. The van der Waals surface area contributed by atoms with Crippen molar-refractivity contribution in [2.24, 2.45) is 0 Å². The second kappa shape index (κ2) is 5.99. The van der Waals surface area contributed by atoms with Gasteiger partial charge in [-0.2, -0.15) is 26.3 Å². The van der Waals surface area contributed by atoms with Crippen LogP contribution in [0.2, 0.25) is 0 Å². The van der Waals surface area contributed by atoms with E-state index in [0.717, 1.165) is 6.07 Å². The number of hydrogen-bond acceptors (Lipinski definition) is 1. The molecule has 1 unspecified atom stereocenters. The smallest absolute Gasteiger partial charge is 0.310 e. The highest BCUT2D eigenvalue weighted by atomic mass is 19.4. The summed E-state index contributed by atoms with van der Waals surface area (Å²) in [6.45, 7) is 1.06. The molecular formula is C12H12F7N. The van der Waals surface area contributed by atoms with Crippen molar-refractivity contribution in [2.75, 3.05) is 0 Å². The summed E-state index contributed by atoms with van der Waals surface area (Å²) in [7, 11) is 0. The lowest BCUT2D eigenvalue weighted by Gasteiger charge is -2.16. The third-order valence-corrected chi connectivity index (χ3v) is 2.53. The van der Waals surface area contributed by atoms with Gasteiger partial charge in [0, 0.05) is 12.6 Å². The zero-order chi connectivity index (χ0) is 15.6. The molecule has 0 saturated heterocycles. The standard InChI is InChI=1S/C12H12F7N/c1-7(5-11(14,15)16)20-6-8-2-3-10(13)9(4-8)12(17,18)19/h2-4,7,20H,5-6H2,1H3. The average molecular weight is 303 g/mol. The second-order valence-corrected chi connectivity index (χ2v) is 4.41. The highest BCUT2D eigenvalue weighted by Crippen LogP contribution is 2.32. The molecule has 0 radical (unpaired) electrons. The average Bonchev–Trinajstić information content (AvgIpc) is 2.24. The molecule has 114 valence electrons. The maximum atomic E-state index is 13.0. The second-order valence-electron chi connectivity index (χ2n) is 4.41. The summed E-state index contributed by atoms with van der Waals surface area (Å²) in [4.78, 5) is 0. The molecule has 1 rings (SSSR count). The van der Waals surface area contributed by atoms with E-state index < -0.39 is 36.2 Å². The van der Waals surface area contributed by atoms with Gasteiger partial charge in [0.1, 0.15) is 5.82 Å². The van der Waals surface area contributed by atoms with Gasteiger partial charge in [-0.05, 0) is 24.6 Å². The topological polar surface area (TPSA) is 12.0 Å². The van der Waals surface area contributed by atoms with Gasteiger partial charge in [-0.25, -0.2) is 4.39 Å². The Morgan fingerprint density at radius 1 is 1.10 bits per heavy atom. The molecule has 1 aromatic rings. The van der Waals surface area contributed by atoms with E-state index >= 15 is 0 Å². The molecule has 0 aromatic heterocycles. The molecule has 0 amide bonds. The predicted molar refractivity (Wildman–Crippen MR) is 58.4 cm³/mol. The Hall–Kier alpha value is -1.31. The quantitative estimate of drug-likeness (QED) is 0.819. The van der Waals surface area contributed by atoms with Crippen LogP contribution in [-0.4, -0.2) is 12.2 Å². The van der Waals surface area contributed by atoms with Crippen molar-refractivity contribution in [2.45, 2.75) is 38.3 Å². The first-order valence-corrected chi connectivity index (χ1v) is 5.65. The van der Waals surface area contributed by atoms with Gasteiger partial charge >= 0.3 is 12.4 Å². The fourth-order valence-electron chi connectivity index (χ4n) is 1.61. The molecule has 0 fully saturated rings. The minimum absolute atomic E-state index is 0.0627. The molecule has 0 bridgehead atoms.